The Balaban J connectivity index is 2.39. The summed E-state index contributed by atoms with van der Waals surface area (Å²) in [6.07, 6.45) is 2.40. The quantitative estimate of drug-likeness (QED) is 0.650. The highest BCUT2D eigenvalue weighted by Crippen LogP contribution is 2.33. The highest BCUT2D eigenvalue weighted by Gasteiger charge is 2.25. The summed E-state index contributed by atoms with van der Waals surface area (Å²) in [6.45, 7) is 5.60. The van der Waals surface area contributed by atoms with Crippen molar-refractivity contribution < 1.29 is 0 Å². The molecule has 3 nitrogen and oxygen atoms in total. The largest absolute Gasteiger partial charge is 0.384 e. The van der Waals surface area contributed by atoms with Crippen molar-refractivity contribution in [2.75, 3.05) is 11.4 Å². The van der Waals surface area contributed by atoms with Crippen LogP contribution in [-0.2, 0) is 0 Å². The van der Waals surface area contributed by atoms with E-state index < -0.39 is 0 Å². The number of nitrogen functional groups attached to an aromatic ring is 1. The first-order valence-electron chi connectivity index (χ1n) is 6.40. The summed E-state index contributed by atoms with van der Waals surface area (Å²) in [7, 11) is 0. The average molecular weight is 310 g/mol. The fraction of sp³-hybridized carbons (Fsp3) is 0.500. The predicted octanol–water partition coefficient (Wildman–Crippen LogP) is 3.36. The van der Waals surface area contributed by atoms with Gasteiger partial charge >= 0.3 is 0 Å². The van der Waals surface area contributed by atoms with Crippen LogP contribution in [0, 0.1) is 11.3 Å². The first kappa shape index (κ1) is 13.4. The van der Waals surface area contributed by atoms with E-state index in [-0.39, 0.29) is 5.84 Å². The van der Waals surface area contributed by atoms with Crippen molar-refractivity contribution >= 4 is 27.5 Å². The number of rotatable bonds is 2. The zero-order valence-electron chi connectivity index (χ0n) is 10.9. The Morgan fingerprint density at radius 2 is 2.17 bits per heavy atom. The minimum absolute atomic E-state index is 0.128. The molecule has 2 atom stereocenters. The van der Waals surface area contributed by atoms with Crippen molar-refractivity contribution in [3.8, 4) is 0 Å². The van der Waals surface area contributed by atoms with E-state index in [2.05, 4.69) is 40.7 Å². The van der Waals surface area contributed by atoms with Gasteiger partial charge in [-0.25, -0.2) is 0 Å². The topological polar surface area (TPSA) is 53.1 Å². The standard InChI is InChI=1S/C14H20BrN3/c1-9-6-7-18(10(2)8-9)12-5-3-4-11(15)13(12)14(16)17/h3-5,9-10H,6-8H2,1-2H3,(H3,16,17). The summed E-state index contributed by atoms with van der Waals surface area (Å²) in [6, 6.07) is 6.52. The van der Waals surface area contributed by atoms with Crippen molar-refractivity contribution in [3.63, 3.8) is 0 Å². The molecule has 0 spiro atoms. The summed E-state index contributed by atoms with van der Waals surface area (Å²) in [5.74, 6) is 0.910. The van der Waals surface area contributed by atoms with Gasteiger partial charge < -0.3 is 10.6 Å². The van der Waals surface area contributed by atoms with Crippen LogP contribution in [0.4, 0.5) is 5.69 Å². The van der Waals surface area contributed by atoms with E-state index in [1.807, 2.05) is 12.1 Å². The normalized spacial score (nSPS) is 24.1. The lowest BCUT2D eigenvalue weighted by atomic mass is 9.92. The molecule has 3 N–H and O–H groups in total. The molecule has 18 heavy (non-hydrogen) atoms. The summed E-state index contributed by atoms with van der Waals surface area (Å²) in [5, 5.41) is 7.76. The molecule has 1 aromatic rings. The molecule has 0 saturated carbocycles. The van der Waals surface area contributed by atoms with E-state index in [4.69, 9.17) is 11.1 Å². The maximum atomic E-state index is 7.76. The molecule has 0 aliphatic carbocycles. The fourth-order valence-electron chi connectivity index (χ4n) is 2.78. The van der Waals surface area contributed by atoms with Gasteiger partial charge in [0.05, 0.1) is 5.56 Å². The highest BCUT2D eigenvalue weighted by atomic mass is 79.9. The van der Waals surface area contributed by atoms with Crippen LogP contribution in [0.1, 0.15) is 32.3 Å². The number of piperidine rings is 1. The van der Waals surface area contributed by atoms with Gasteiger partial charge in [-0.1, -0.05) is 13.0 Å². The summed E-state index contributed by atoms with van der Waals surface area (Å²) < 4.78 is 0.901. The van der Waals surface area contributed by atoms with Gasteiger partial charge in [-0.3, -0.25) is 5.41 Å². The second kappa shape index (κ2) is 5.31. The second-order valence-electron chi connectivity index (χ2n) is 5.22. The highest BCUT2D eigenvalue weighted by molar-refractivity contribution is 9.10. The van der Waals surface area contributed by atoms with Crippen LogP contribution in [0.5, 0.6) is 0 Å². The zero-order chi connectivity index (χ0) is 13.3. The monoisotopic (exact) mass is 309 g/mol. The van der Waals surface area contributed by atoms with Crippen LogP contribution in [0.25, 0.3) is 0 Å². The third-order valence-corrected chi connectivity index (χ3v) is 4.37. The summed E-state index contributed by atoms with van der Waals surface area (Å²) in [4.78, 5) is 2.38. The van der Waals surface area contributed by atoms with Gasteiger partial charge in [0.15, 0.2) is 0 Å². The van der Waals surface area contributed by atoms with Crippen LogP contribution in [0.2, 0.25) is 0 Å². The molecular formula is C14H20BrN3. The molecular weight excluding hydrogens is 290 g/mol. The number of hydrogen-bond donors (Lipinski definition) is 2. The number of hydrogen-bond acceptors (Lipinski definition) is 2. The SMILES string of the molecule is CC1CCN(c2cccc(Br)c2C(=N)N)C(C)C1. The van der Waals surface area contributed by atoms with Crippen molar-refractivity contribution in [1.82, 2.24) is 0 Å². The van der Waals surface area contributed by atoms with E-state index >= 15 is 0 Å². The molecule has 98 valence electrons. The Morgan fingerprint density at radius 3 is 2.78 bits per heavy atom. The van der Waals surface area contributed by atoms with Gasteiger partial charge in [-0.2, -0.15) is 0 Å². The first-order valence-corrected chi connectivity index (χ1v) is 7.19. The van der Waals surface area contributed by atoms with Crippen molar-refractivity contribution in [3.05, 3.63) is 28.2 Å². The molecule has 1 saturated heterocycles. The first-order chi connectivity index (χ1) is 8.50. The molecule has 2 unspecified atom stereocenters. The predicted molar refractivity (Wildman–Crippen MR) is 80.4 cm³/mol. The molecule has 0 bridgehead atoms. The number of anilines is 1. The minimum atomic E-state index is 0.128. The Morgan fingerprint density at radius 1 is 1.44 bits per heavy atom. The number of nitrogens with one attached hydrogen (secondary N) is 1. The third kappa shape index (κ3) is 2.53. The van der Waals surface area contributed by atoms with Gasteiger partial charge in [-0.15, -0.1) is 0 Å². The average Bonchev–Trinajstić information content (AvgIpc) is 2.28. The lowest BCUT2D eigenvalue weighted by Gasteiger charge is -2.39. The Bertz CT molecular complexity index is 458. The van der Waals surface area contributed by atoms with Gasteiger partial charge in [0, 0.05) is 22.7 Å². The smallest absolute Gasteiger partial charge is 0.126 e. The zero-order valence-corrected chi connectivity index (χ0v) is 12.5. The van der Waals surface area contributed by atoms with Gasteiger partial charge in [0.2, 0.25) is 0 Å². The van der Waals surface area contributed by atoms with Crippen LogP contribution in [-0.4, -0.2) is 18.4 Å². The molecule has 1 fully saturated rings. The van der Waals surface area contributed by atoms with Crippen LogP contribution < -0.4 is 10.6 Å². The van der Waals surface area contributed by atoms with Crippen LogP contribution in [0.3, 0.4) is 0 Å². The second-order valence-corrected chi connectivity index (χ2v) is 6.07. The van der Waals surface area contributed by atoms with Crippen molar-refractivity contribution in [2.24, 2.45) is 11.7 Å². The lowest BCUT2D eigenvalue weighted by molar-refractivity contribution is 0.378. The number of halogens is 1. The molecule has 1 aromatic carbocycles. The van der Waals surface area contributed by atoms with E-state index in [0.717, 1.165) is 28.2 Å². The third-order valence-electron chi connectivity index (χ3n) is 3.71. The molecule has 1 aliphatic rings. The lowest BCUT2D eigenvalue weighted by Crippen LogP contribution is -2.41. The van der Waals surface area contributed by atoms with Crippen molar-refractivity contribution in [2.45, 2.75) is 32.7 Å². The van der Waals surface area contributed by atoms with Crippen LogP contribution >= 0.6 is 15.9 Å². The summed E-state index contributed by atoms with van der Waals surface area (Å²) in [5.41, 5.74) is 7.62. The Kier molecular flexibility index (Phi) is 3.95. The number of nitrogens with two attached hydrogens (primary N) is 1. The molecule has 0 amide bonds. The van der Waals surface area contributed by atoms with E-state index in [9.17, 15) is 0 Å². The molecule has 1 aliphatic heterocycles. The number of amidine groups is 1. The number of nitrogens with zero attached hydrogens (tertiary/aromatic N) is 1. The molecule has 1 heterocycles. The van der Waals surface area contributed by atoms with E-state index in [0.29, 0.717) is 6.04 Å². The van der Waals surface area contributed by atoms with E-state index in [1.165, 1.54) is 12.8 Å². The maximum absolute atomic E-state index is 7.76. The molecule has 0 aromatic heterocycles. The molecule has 4 heteroatoms. The van der Waals surface area contributed by atoms with Crippen molar-refractivity contribution in [1.29, 1.82) is 5.41 Å². The van der Waals surface area contributed by atoms with Gasteiger partial charge in [-0.05, 0) is 53.7 Å². The minimum Gasteiger partial charge on any atom is -0.384 e. The molecule has 2 rings (SSSR count). The number of benzene rings is 1. The Hall–Kier alpha value is -1.03. The Labute approximate surface area is 117 Å². The van der Waals surface area contributed by atoms with E-state index in [1.54, 1.807) is 0 Å². The maximum Gasteiger partial charge on any atom is 0.126 e. The molecule has 0 radical (unpaired) electrons. The van der Waals surface area contributed by atoms with Gasteiger partial charge in [0.25, 0.3) is 0 Å². The van der Waals surface area contributed by atoms with Crippen LogP contribution in [0.15, 0.2) is 22.7 Å². The fourth-order valence-corrected chi connectivity index (χ4v) is 3.35. The van der Waals surface area contributed by atoms with Gasteiger partial charge in [0.1, 0.15) is 5.84 Å². The summed E-state index contributed by atoms with van der Waals surface area (Å²) >= 11 is 3.50.